The van der Waals surface area contributed by atoms with Gasteiger partial charge in [-0.05, 0) is 42.3 Å². The number of hydrogen-bond donors (Lipinski definition) is 1. The molecular weight excluding hydrogens is 322 g/mol. The van der Waals surface area contributed by atoms with Crippen LogP contribution in [0, 0.1) is 11.6 Å². The Morgan fingerprint density at radius 2 is 1.96 bits per heavy atom. The van der Waals surface area contributed by atoms with E-state index in [9.17, 15) is 13.6 Å². The van der Waals surface area contributed by atoms with E-state index in [-0.39, 0.29) is 17.3 Å². The van der Waals surface area contributed by atoms with E-state index in [1.54, 1.807) is 23.1 Å². The average molecular weight is 338 g/mol. The monoisotopic (exact) mass is 338 g/mol. The fourth-order valence-electron chi connectivity index (χ4n) is 3.26. The molecule has 0 radical (unpaired) electrons. The Morgan fingerprint density at radius 1 is 1.12 bits per heavy atom. The Hall–Kier alpha value is -2.95. The number of H-pyrrole nitrogens is 1. The highest BCUT2D eigenvalue weighted by atomic mass is 19.1. The average Bonchev–Trinajstić information content (AvgIpc) is 3.05. The normalized spacial score (nSPS) is 14.6. The van der Waals surface area contributed by atoms with Crippen molar-refractivity contribution >= 4 is 22.4 Å². The Balaban J connectivity index is 1.59. The molecule has 2 aromatic carbocycles. The smallest absolute Gasteiger partial charge is 0.257 e. The zero-order chi connectivity index (χ0) is 17.4. The first-order chi connectivity index (χ1) is 12.1. The Morgan fingerprint density at radius 3 is 2.72 bits per heavy atom. The predicted molar refractivity (Wildman–Crippen MR) is 93.2 cm³/mol. The van der Waals surface area contributed by atoms with Crippen LogP contribution in [0.1, 0.15) is 22.3 Å². The number of benzene rings is 2. The third kappa shape index (κ3) is 2.82. The zero-order valence-corrected chi connectivity index (χ0v) is 13.4. The lowest BCUT2D eigenvalue weighted by Gasteiger charge is -2.26. The number of rotatable bonds is 2. The van der Waals surface area contributed by atoms with E-state index in [1.807, 2.05) is 12.3 Å². The van der Waals surface area contributed by atoms with Crippen molar-refractivity contribution in [3.05, 3.63) is 77.5 Å². The van der Waals surface area contributed by atoms with Crippen LogP contribution in [0.4, 0.5) is 8.78 Å². The molecule has 0 bridgehead atoms. The Labute approximate surface area is 143 Å². The van der Waals surface area contributed by atoms with Crippen molar-refractivity contribution < 1.29 is 13.6 Å². The van der Waals surface area contributed by atoms with E-state index in [2.05, 4.69) is 4.98 Å². The molecule has 0 unspecified atom stereocenters. The number of aromatic nitrogens is 1. The van der Waals surface area contributed by atoms with Gasteiger partial charge in [0.05, 0.1) is 5.56 Å². The summed E-state index contributed by atoms with van der Waals surface area (Å²) in [6, 6.07) is 10.7. The molecule has 0 spiro atoms. The minimum absolute atomic E-state index is 0.0912. The first-order valence-corrected chi connectivity index (χ1v) is 8.13. The molecule has 5 heteroatoms. The highest BCUT2D eigenvalue weighted by Gasteiger charge is 2.22. The molecule has 1 N–H and O–H groups in total. The summed E-state index contributed by atoms with van der Waals surface area (Å²) in [5.41, 5.74) is 2.98. The number of amides is 1. The van der Waals surface area contributed by atoms with Gasteiger partial charge in [-0.3, -0.25) is 4.79 Å². The number of hydrogen-bond acceptors (Lipinski definition) is 1. The van der Waals surface area contributed by atoms with E-state index in [0.29, 0.717) is 19.5 Å². The van der Waals surface area contributed by atoms with Crippen molar-refractivity contribution in [1.82, 2.24) is 9.88 Å². The third-order valence-corrected chi connectivity index (χ3v) is 4.59. The maximum atomic E-state index is 13.8. The molecule has 1 aromatic heterocycles. The van der Waals surface area contributed by atoms with Crippen LogP contribution in [-0.2, 0) is 0 Å². The molecule has 3 aromatic rings. The van der Waals surface area contributed by atoms with Gasteiger partial charge in [0.25, 0.3) is 5.91 Å². The van der Waals surface area contributed by atoms with Crippen LogP contribution in [-0.4, -0.2) is 28.9 Å². The van der Waals surface area contributed by atoms with Gasteiger partial charge in [-0.25, -0.2) is 8.78 Å². The van der Waals surface area contributed by atoms with Gasteiger partial charge in [0.15, 0.2) is 0 Å². The van der Waals surface area contributed by atoms with Gasteiger partial charge in [0.2, 0.25) is 0 Å². The molecule has 0 atom stereocenters. The predicted octanol–water partition coefficient (Wildman–Crippen LogP) is 4.38. The van der Waals surface area contributed by atoms with Gasteiger partial charge >= 0.3 is 0 Å². The van der Waals surface area contributed by atoms with Gasteiger partial charge in [-0.2, -0.15) is 0 Å². The minimum atomic E-state index is -0.505. The van der Waals surface area contributed by atoms with Crippen molar-refractivity contribution in [3.8, 4) is 0 Å². The summed E-state index contributed by atoms with van der Waals surface area (Å²) in [5, 5.41) is 0.833. The maximum absolute atomic E-state index is 13.8. The summed E-state index contributed by atoms with van der Waals surface area (Å²) in [6.07, 6.45) is 4.46. The van der Waals surface area contributed by atoms with Crippen molar-refractivity contribution in [1.29, 1.82) is 0 Å². The molecule has 0 saturated carbocycles. The van der Waals surface area contributed by atoms with Crippen LogP contribution in [0.15, 0.2) is 54.7 Å². The van der Waals surface area contributed by atoms with Crippen LogP contribution in [0.3, 0.4) is 0 Å². The van der Waals surface area contributed by atoms with Crippen LogP contribution < -0.4 is 0 Å². The quantitative estimate of drug-likeness (QED) is 0.740. The second kappa shape index (κ2) is 6.16. The summed E-state index contributed by atoms with van der Waals surface area (Å²) in [6.45, 7) is 0.908. The number of carbonyl (C=O) groups is 1. The molecular formula is C20H16F2N2O. The van der Waals surface area contributed by atoms with Crippen molar-refractivity contribution in [3.63, 3.8) is 0 Å². The molecule has 1 aliphatic rings. The number of aromatic amines is 1. The van der Waals surface area contributed by atoms with Crippen LogP contribution in [0.25, 0.3) is 16.5 Å². The standard InChI is InChI=1S/C20H16F2N2O/c21-14-5-6-19-16(11-14)17(12-23-19)13-7-9-24(10-8-13)20(25)15-3-1-2-4-18(15)22/h1-7,11-12,23H,8-10H2. The molecule has 25 heavy (non-hydrogen) atoms. The number of halogens is 2. The van der Waals surface area contributed by atoms with Crippen molar-refractivity contribution in [2.24, 2.45) is 0 Å². The fourth-order valence-corrected chi connectivity index (χ4v) is 3.26. The van der Waals surface area contributed by atoms with E-state index in [4.69, 9.17) is 0 Å². The van der Waals surface area contributed by atoms with E-state index >= 15 is 0 Å². The lowest BCUT2D eigenvalue weighted by molar-refractivity contribution is 0.0768. The molecule has 126 valence electrons. The zero-order valence-electron chi connectivity index (χ0n) is 13.4. The number of carbonyl (C=O) groups excluding carboxylic acids is 1. The largest absolute Gasteiger partial charge is 0.361 e. The van der Waals surface area contributed by atoms with E-state index < -0.39 is 5.82 Å². The molecule has 0 aliphatic carbocycles. The number of fused-ring (bicyclic) bond motifs is 1. The highest BCUT2D eigenvalue weighted by Crippen LogP contribution is 2.30. The molecule has 4 rings (SSSR count). The van der Waals surface area contributed by atoms with Gasteiger partial charge in [0.1, 0.15) is 11.6 Å². The summed E-state index contributed by atoms with van der Waals surface area (Å²) >= 11 is 0. The summed E-state index contributed by atoms with van der Waals surface area (Å²) < 4.78 is 27.3. The SMILES string of the molecule is O=C(c1ccccc1F)N1CC=C(c2c[nH]c3ccc(F)cc23)CC1. The lowest BCUT2D eigenvalue weighted by Crippen LogP contribution is -2.35. The van der Waals surface area contributed by atoms with Crippen molar-refractivity contribution in [2.45, 2.75) is 6.42 Å². The van der Waals surface area contributed by atoms with Crippen LogP contribution in [0.2, 0.25) is 0 Å². The molecule has 0 fully saturated rings. The van der Waals surface area contributed by atoms with Gasteiger partial charge < -0.3 is 9.88 Å². The third-order valence-electron chi connectivity index (χ3n) is 4.59. The van der Waals surface area contributed by atoms with E-state index in [0.717, 1.165) is 22.0 Å². The molecule has 1 amide bonds. The Bertz CT molecular complexity index is 990. The van der Waals surface area contributed by atoms with Crippen LogP contribution >= 0.6 is 0 Å². The molecule has 2 heterocycles. The first kappa shape index (κ1) is 15.6. The number of nitrogens with zero attached hydrogens (tertiary/aromatic N) is 1. The van der Waals surface area contributed by atoms with Gasteiger partial charge in [-0.1, -0.05) is 18.2 Å². The maximum Gasteiger partial charge on any atom is 0.257 e. The summed E-state index contributed by atoms with van der Waals surface area (Å²) in [5.74, 6) is -1.09. The minimum Gasteiger partial charge on any atom is -0.361 e. The molecule has 1 aliphatic heterocycles. The summed E-state index contributed by atoms with van der Waals surface area (Å²) in [7, 11) is 0. The van der Waals surface area contributed by atoms with Gasteiger partial charge in [-0.15, -0.1) is 0 Å². The topological polar surface area (TPSA) is 36.1 Å². The number of nitrogens with one attached hydrogen (secondary N) is 1. The Kier molecular flexibility index (Phi) is 3.84. The first-order valence-electron chi connectivity index (χ1n) is 8.13. The molecule has 0 saturated heterocycles. The molecule has 3 nitrogen and oxygen atoms in total. The summed E-state index contributed by atoms with van der Waals surface area (Å²) in [4.78, 5) is 17.2. The van der Waals surface area contributed by atoms with Crippen LogP contribution in [0.5, 0.6) is 0 Å². The van der Waals surface area contributed by atoms with Gasteiger partial charge in [0, 0.05) is 35.8 Å². The van der Waals surface area contributed by atoms with Crippen molar-refractivity contribution in [2.75, 3.05) is 13.1 Å². The second-order valence-electron chi connectivity index (χ2n) is 6.10. The highest BCUT2D eigenvalue weighted by molar-refractivity contribution is 5.96. The van der Waals surface area contributed by atoms with E-state index in [1.165, 1.54) is 24.3 Å². The fraction of sp³-hybridized carbons (Fsp3) is 0.150. The lowest BCUT2D eigenvalue weighted by atomic mass is 9.98. The second-order valence-corrected chi connectivity index (χ2v) is 6.10.